The Morgan fingerprint density at radius 3 is 2.35 bits per heavy atom. The number of ketones is 1. The molecule has 3 rings (SSSR count). The van der Waals surface area contributed by atoms with Gasteiger partial charge < -0.3 is 10.2 Å². The summed E-state index contributed by atoms with van der Waals surface area (Å²) in [5.41, 5.74) is -0.961. The minimum Gasteiger partial charge on any atom is -0.395 e. The maximum atomic E-state index is 12.5. The molecule has 0 saturated heterocycles. The van der Waals surface area contributed by atoms with E-state index in [9.17, 15) is 15.0 Å². The molecule has 0 aromatic rings. The monoisotopic (exact) mass is 322 g/mol. The minimum atomic E-state index is -0.611. The molecule has 0 aliphatic heterocycles. The lowest BCUT2D eigenvalue weighted by molar-refractivity contribution is -0.212. The fourth-order valence-electron chi connectivity index (χ4n) is 6.64. The predicted molar refractivity (Wildman–Crippen MR) is 91.0 cm³/mol. The molecule has 3 heteroatoms. The second-order valence-corrected chi connectivity index (χ2v) is 9.63. The third kappa shape index (κ3) is 2.33. The Labute approximate surface area is 140 Å². The summed E-state index contributed by atoms with van der Waals surface area (Å²) in [6.07, 6.45) is 7.33. The van der Waals surface area contributed by atoms with Gasteiger partial charge in [0.15, 0.2) is 0 Å². The van der Waals surface area contributed by atoms with Crippen LogP contribution in [-0.4, -0.2) is 28.2 Å². The number of fused-ring (bicyclic) bond motifs is 3. The highest BCUT2D eigenvalue weighted by Gasteiger charge is 2.64. The molecule has 0 radical (unpaired) electrons. The molecule has 3 aliphatic carbocycles. The Balaban J connectivity index is 1.96. The summed E-state index contributed by atoms with van der Waals surface area (Å²) in [4.78, 5) is 12.5. The first kappa shape index (κ1) is 17.4. The Bertz CT molecular complexity index is 503. The fraction of sp³-hybridized carbons (Fsp3) is 0.950. The lowest BCUT2D eigenvalue weighted by Crippen LogP contribution is -2.64. The van der Waals surface area contributed by atoms with E-state index in [-0.39, 0.29) is 35.1 Å². The summed E-state index contributed by atoms with van der Waals surface area (Å²) >= 11 is 0. The quantitative estimate of drug-likeness (QED) is 0.815. The van der Waals surface area contributed by atoms with Crippen LogP contribution >= 0.6 is 0 Å². The van der Waals surface area contributed by atoms with E-state index in [1.165, 1.54) is 6.42 Å². The Kier molecular flexibility index (Phi) is 4.01. The lowest BCUT2D eigenvalue weighted by atomic mass is 9.41. The highest BCUT2D eigenvalue weighted by atomic mass is 16.3. The zero-order valence-corrected chi connectivity index (χ0v) is 15.3. The molecule has 3 nitrogen and oxygen atoms in total. The molecule has 0 heterocycles. The molecule has 0 amide bonds. The van der Waals surface area contributed by atoms with Gasteiger partial charge in [-0.15, -0.1) is 0 Å². The van der Waals surface area contributed by atoms with Crippen LogP contribution in [0.25, 0.3) is 0 Å². The van der Waals surface area contributed by atoms with Crippen molar-refractivity contribution in [3.8, 4) is 0 Å². The Hall–Kier alpha value is -0.410. The van der Waals surface area contributed by atoms with E-state index in [0.717, 1.165) is 38.5 Å². The summed E-state index contributed by atoms with van der Waals surface area (Å²) in [5, 5.41) is 21.5. The maximum absolute atomic E-state index is 12.5. The van der Waals surface area contributed by atoms with Crippen molar-refractivity contribution in [1.82, 2.24) is 0 Å². The van der Waals surface area contributed by atoms with Crippen molar-refractivity contribution in [2.45, 2.75) is 84.7 Å². The molecular weight excluding hydrogens is 288 g/mol. The average Bonchev–Trinajstić information content (AvgIpc) is 2.50. The topological polar surface area (TPSA) is 57.5 Å². The molecule has 23 heavy (non-hydrogen) atoms. The second-order valence-electron chi connectivity index (χ2n) is 9.63. The molecule has 3 saturated carbocycles. The van der Waals surface area contributed by atoms with Gasteiger partial charge in [-0.1, -0.05) is 34.1 Å². The highest BCUT2D eigenvalue weighted by Crippen LogP contribution is 2.65. The van der Waals surface area contributed by atoms with Gasteiger partial charge in [0.05, 0.1) is 17.6 Å². The van der Waals surface area contributed by atoms with Gasteiger partial charge in [-0.3, -0.25) is 4.79 Å². The molecule has 0 unspecified atom stereocenters. The third-order valence-electron chi connectivity index (χ3n) is 8.35. The number of hydrogen-bond donors (Lipinski definition) is 2. The summed E-state index contributed by atoms with van der Waals surface area (Å²) in [7, 11) is 0. The van der Waals surface area contributed by atoms with Crippen molar-refractivity contribution in [3.05, 3.63) is 0 Å². The number of hydrogen-bond acceptors (Lipinski definition) is 3. The molecular formula is C20H34O3. The van der Waals surface area contributed by atoms with Gasteiger partial charge in [-0.05, 0) is 61.2 Å². The number of carbonyl (C=O) groups excluding carboxylic acids is 1. The van der Waals surface area contributed by atoms with E-state index < -0.39 is 11.0 Å². The number of rotatable bonds is 2. The van der Waals surface area contributed by atoms with Gasteiger partial charge in [0, 0.05) is 6.42 Å². The molecule has 0 aromatic heterocycles. The third-order valence-corrected chi connectivity index (χ3v) is 8.35. The molecule has 2 N–H and O–H groups in total. The Morgan fingerprint density at radius 2 is 1.74 bits per heavy atom. The van der Waals surface area contributed by atoms with Crippen molar-refractivity contribution >= 4 is 5.78 Å². The number of Topliss-reactive ketones (excluding diaryl/α,β-unsaturated/α-hetero) is 1. The molecule has 3 aliphatic rings. The normalized spacial score (nSPS) is 53.6. The first-order valence-corrected chi connectivity index (χ1v) is 9.50. The van der Waals surface area contributed by atoms with Crippen molar-refractivity contribution in [3.63, 3.8) is 0 Å². The van der Waals surface area contributed by atoms with E-state index in [0.29, 0.717) is 6.42 Å². The van der Waals surface area contributed by atoms with Crippen molar-refractivity contribution in [1.29, 1.82) is 0 Å². The molecule has 0 aromatic carbocycles. The predicted octanol–water partition coefficient (Wildman–Crippen LogP) is 3.71. The van der Waals surface area contributed by atoms with Crippen LogP contribution in [0.2, 0.25) is 0 Å². The summed E-state index contributed by atoms with van der Waals surface area (Å²) in [5.74, 6) is 0.701. The van der Waals surface area contributed by atoms with E-state index in [1.807, 2.05) is 6.92 Å². The standard InChI is InChI=1S/C20H34O3/c1-5-17(2)9-6-15-18(3)10-8-16(22)19(4,13-21)14(18)7-11-20(15,23)12-17/h14-15,21,23H,5-13H2,1-4H3/t14-,15-,17+,18+,19-,20-/m1/s1. The Morgan fingerprint density at radius 1 is 1.09 bits per heavy atom. The maximum Gasteiger partial charge on any atom is 0.141 e. The van der Waals surface area contributed by atoms with Gasteiger partial charge >= 0.3 is 0 Å². The summed E-state index contributed by atoms with van der Waals surface area (Å²) < 4.78 is 0. The van der Waals surface area contributed by atoms with E-state index in [2.05, 4.69) is 20.8 Å². The lowest BCUT2D eigenvalue weighted by Gasteiger charge is -2.64. The van der Waals surface area contributed by atoms with Crippen LogP contribution in [0.4, 0.5) is 0 Å². The van der Waals surface area contributed by atoms with Crippen LogP contribution in [-0.2, 0) is 4.79 Å². The van der Waals surface area contributed by atoms with Gasteiger partial charge in [0.2, 0.25) is 0 Å². The summed E-state index contributed by atoms with van der Waals surface area (Å²) in [6.45, 7) is 8.75. The zero-order chi connectivity index (χ0) is 17.1. The molecule has 3 fully saturated rings. The van der Waals surface area contributed by atoms with Crippen LogP contribution in [0.15, 0.2) is 0 Å². The minimum absolute atomic E-state index is 0.0204. The summed E-state index contributed by atoms with van der Waals surface area (Å²) in [6, 6.07) is 0. The van der Waals surface area contributed by atoms with Crippen molar-refractivity contribution in [2.75, 3.05) is 6.61 Å². The first-order valence-electron chi connectivity index (χ1n) is 9.50. The zero-order valence-electron chi connectivity index (χ0n) is 15.3. The van der Waals surface area contributed by atoms with Crippen LogP contribution in [0.1, 0.15) is 79.1 Å². The van der Waals surface area contributed by atoms with E-state index >= 15 is 0 Å². The molecule has 0 bridgehead atoms. The van der Waals surface area contributed by atoms with E-state index in [1.54, 1.807) is 0 Å². The van der Waals surface area contributed by atoms with E-state index in [4.69, 9.17) is 0 Å². The average molecular weight is 322 g/mol. The molecule has 132 valence electrons. The van der Waals surface area contributed by atoms with Crippen molar-refractivity contribution < 1.29 is 15.0 Å². The van der Waals surface area contributed by atoms with Gasteiger partial charge in [0.1, 0.15) is 5.78 Å². The van der Waals surface area contributed by atoms with Crippen LogP contribution in [0.3, 0.4) is 0 Å². The fourth-order valence-corrected chi connectivity index (χ4v) is 6.64. The highest BCUT2D eigenvalue weighted by molar-refractivity contribution is 5.86. The second kappa shape index (κ2) is 5.29. The van der Waals surface area contributed by atoms with Crippen LogP contribution < -0.4 is 0 Å². The molecule has 6 atom stereocenters. The number of carbonyl (C=O) groups is 1. The molecule has 0 spiro atoms. The van der Waals surface area contributed by atoms with Gasteiger partial charge in [-0.25, -0.2) is 0 Å². The van der Waals surface area contributed by atoms with Gasteiger partial charge in [0.25, 0.3) is 0 Å². The smallest absolute Gasteiger partial charge is 0.141 e. The van der Waals surface area contributed by atoms with Gasteiger partial charge in [-0.2, -0.15) is 0 Å². The van der Waals surface area contributed by atoms with Crippen molar-refractivity contribution in [2.24, 2.45) is 28.1 Å². The number of aliphatic hydroxyl groups excluding tert-OH is 1. The van der Waals surface area contributed by atoms with Crippen LogP contribution in [0, 0.1) is 28.1 Å². The number of aliphatic hydroxyl groups is 2. The van der Waals surface area contributed by atoms with Crippen LogP contribution in [0.5, 0.6) is 0 Å². The largest absolute Gasteiger partial charge is 0.395 e. The first-order chi connectivity index (χ1) is 10.6. The SMILES string of the molecule is CC[C@@]1(C)CC[C@H]2[C@@](O)(CC[C@@H]3[C@]2(C)CCC(=O)[C@]3(C)CO)C1.